The van der Waals surface area contributed by atoms with Gasteiger partial charge in [0, 0.05) is 18.1 Å². The fourth-order valence-electron chi connectivity index (χ4n) is 2.16. The summed E-state index contributed by atoms with van der Waals surface area (Å²) in [6, 6.07) is 7.36. The number of nitrogens with two attached hydrogens (primary N) is 1. The van der Waals surface area contributed by atoms with Gasteiger partial charge in [-0.05, 0) is 30.2 Å². The molecule has 0 radical (unpaired) electrons. The van der Waals surface area contributed by atoms with Crippen LogP contribution in [0.5, 0.6) is 0 Å². The summed E-state index contributed by atoms with van der Waals surface area (Å²) in [4.78, 5) is 12.2. The number of nitrogens with one attached hydrogen (secondary N) is 1. The lowest BCUT2D eigenvalue weighted by molar-refractivity contribution is 0.0953. The maximum absolute atomic E-state index is 12.2. The van der Waals surface area contributed by atoms with E-state index >= 15 is 0 Å². The van der Waals surface area contributed by atoms with Crippen LogP contribution in [-0.4, -0.2) is 28.8 Å². The standard InChI is InChI=1S/C15H19ClN4O/c1-10(2)14-13(15(21)18-8-7-17)9-19-20(14)12-5-3-11(16)4-6-12/h3-6,9-10H,7-8,17H2,1-2H3,(H,18,21). The van der Waals surface area contributed by atoms with Gasteiger partial charge in [0.05, 0.1) is 23.1 Å². The summed E-state index contributed by atoms with van der Waals surface area (Å²) < 4.78 is 1.78. The Morgan fingerprint density at radius 3 is 2.62 bits per heavy atom. The van der Waals surface area contributed by atoms with Crippen molar-refractivity contribution in [1.29, 1.82) is 0 Å². The quantitative estimate of drug-likeness (QED) is 0.890. The molecule has 3 N–H and O–H groups in total. The number of aromatic nitrogens is 2. The maximum Gasteiger partial charge on any atom is 0.254 e. The first-order valence-electron chi connectivity index (χ1n) is 6.86. The maximum atomic E-state index is 12.2. The van der Waals surface area contributed by atoms with Crippen LogP contribution >= 0.6 is 11.6 Å². The van der Waals surface area contributed by atoms with Crippen molar-refractivity contribution in [2.24, 2.45) is 5.73 Å². The van der Waals surface area contributed by atoms with E-state index in [2.05, 4.69) is 10.4 Å². The zero-order chi connectivity index (χ0) is 15.4. The Balaban J connectivity index is 2.41. The lowest BCUT2D eigenvalue weighted by Gasteiger charge is -2.13. The Labute approximate surface area is 129 Å². The number of rotatable bonds is 5. The average molecular weight is 307 g/mol. The van der Waals surface area contributed by atoms with Crippen molar-refractivity contribution >= 4 is 17.5 Å². The number of benzene rings is 1. The molecule has 0 aliphatic heterocycles. The van der Waals surface area contributed by atoms with E-state index < -0.39 is 0 Å². The van der Waals surface area contributed by atoms with Crippen molar-refractivity contribution in [3.05, 3.63) is 46.7 Å². The lowest BCUT2D eigenvalue weighted by atomic mass is 10.1. The fourth-order valence-corrected chi connectivity index (χ4v) is 2.28. The van der Waals surface area contributed by atoms with E-state index in [-0.39, 0.29) is 11.8 Å². The first-order valence-corrected chi connectivity index (χ1v) is 7.24. The topological polar surface area (TPSA) is 72.9 Å². The highest BCUT2D eigenvalue weighted by Gasteiger charge is 2.20. The fraction of sp³-hybridized carbons (Fsp3) is 0.333. The molecule has 1 aromatic heterocycles. The summed E-state index contributed by atoms with van der Waals surface area (Å²) in [5.41, 5.74) is 7.74. The summed E-state index contributed by atoms with van der Waals surface area (Å²) in [6.45, 7) is 4.92. The Morgan fingerprint density at radius 1 is 1.38 bits per heavy atom. The van der Waals surface area contributed by atoms with Gasteiger partial charge in [0.25, 0.3) is 5.91 Å². The molecule has 5 nitrogen and oxygen atoms in total. The minimum absolute atomic E-state index is 0.149. The summed E-state index contributed by atoms with van der Waals surface area (Å²) >= 11 is 5.91. The van der Waals surface area contributed by atoms with E-state index in [0.29, 0.717) is 23.7 Å². The van der Waals surface area contributed by atoms with Crippen molar-refractivity contribution in [1.82, 2.24) is 15.1 Å². The van der Waals surface area contributed by atoms with Crippen LogP contribution in [0.15, 0.2) is 30.5 Å². The molecular weight excluding hydrogens is 288 g/mol. The minimum Gasteiger partial charge on any atom is -0.351 e. The van der Waals surface area contributed by atoms with Gasteiger partial charge in [-0.1, -0.05) is 25.4 Å². The predicted octanol–water partition coefficient (Wildman–Crippen LogP) is 2.34. The highest BCUT2D eigenvalue weighted by molar-refractivity contribution is 6.30. The first kappa shape index (κ1) is 15.5. The van der Waals surface area contributed by atoms with Crippen molar-refractivity contribution in [3.8, 4) is 5.69 Å². The van der Waals surface area contributed by atoms with Gasteiger partial charge in [-0.25, -0.2) is 4.68 Å². The highest BCUT2D eigenvalue weighted by atomic mass is 35.5. The minimum atomic E-state index is -0.149. The molecule has 0 unspecified atom stereocenters. The molecule has 21 heavy (non-hydrogen) atoms. The van der Waals surface area contributed by atoms with Gasteiger partial charge in [0.1, 0.15) is 0 Å². The second kappa shape index (κ2) is 6.74. The van der Waals surface area contributed by atoms with Crippen molar-refractivity contribution in [2.45, 2.75) is 19.8 Å². The molecule has 0 fully saturated rings. The number of halogens is 1. The Bertz CT molecular complexity index is 619. The second-order valence-electron chi connectivity index (χ2n) is 5.03. The molecule has 0 aliphatic rings. The molecular formula is C15H19ClN4O. The molecule has 1 amide bonds. The molecule has 6 heteroatoms. The lowest BCUT2D eigenvalue weighted by Crippen LogP contribution is -2.29. The van der Waals surface area contributed by atoms with Gasteiger partial charge in [0.15, 0.2) is 0 Å². The van der Waals surface area contributed by atoms with Crippen LogP contribution in [0.1, 0.15) is 35.8 Å². The number of hydrogen-bond donors (Lipinski definition) is 2. The average Bonchev–Trinajstić information content (AvgIpc) is 2.90. The van der Waals surface area contributed by atoms with E-state index in [4.69, 9.17) is 17.3 Å². The summed E-state index contributed by atoms with van der Waals surface area (Å²) in [7, 11) is 0. The van der Waals surface area contributed by atoms with Crippen LogP contribution in [0.4, 0.5) is 0 Å². The van der Waals surface area contributed by atoms with E-state index in [9.17, 15) is 4.79 Å². The largest absolute Gasteiger partial charge is 0.351 e. The predicted molar refractivity (Wildman–Crippen MR) is 84.1 cm³/mol. The summed E-state index contributed by atoms with van der Waals surface area (Å²) in [6.07, 6.45) is 1.59. The SMILES string of the molecule is CC(C)c1c(C(=O)NCCN)cnn1-c1ccc(Cl)cc1. The van der Waals surface area contributed by atoms with Crippen LogP contribution in [0.3, 0.4) is 0 Å². The molecule has 1 aromatic carbocycles. The zero-order valence-corrected chi connectivity index (χ0v) is 12.9. The molecule has 112 valence electrons. The highest BCUT2D eigenvalue weighted by Crippen LogP contribution is 2.23. The third kappa shape index (κ3) is 3.43. The van der Waals surface area contributed by atoms with E-state index in [0.717, 1.165) is 11.4 Å². The second-order valence-corrected chi connectivity index (χ2v) is 5.47. The molecule has 2 rings (SSSR count). The Morgan fingerprint density at radius 2 is 2.05 bits per heavy atom. The molecule has 0 bridgehead atoms. The molecule has 1 heterocycles. The molecule has 0 atom stereocenters. The Kier molecular flexibility index (Phi) is 4.98. The number of carbonyl (C=O) groups is 1. The van der Waals surface area contributed by atoms with Crippen LogP contribution in [0, 0.1) is 0 Å². The van der Waals surface area contributed by atoms with Crippen LogP contribution in [-0.2, 0) is 0 Å². The molecule has 0 aliphatic carbocycles. The smallest absolute Gasteiger partial charge is 0.254 e. The molecule has 0 saturated heterocycles. The van der Waals surface area contributed by atoms with Gasteiger partial charge in [-0.15, -0.1) is 0 Å². The van der Waals surface area contributed by atoms with Crippen molar-refractivity contribution in [2.75, 3.05) is 13.1 Å². The van der Waals surface area contributed by atoms with Crippen LogP contribution in [0.25, 0.3) is 5.69 Å². The monoisotopic (exact) mass is 306 g/mol. The third-order valence-electron chi connectivity index (χ3n) is 3.10. The van der Waals surface area contributed by atoms with Gasteiger partial charge in [-0.2, -0.15) is 5.10 Å². The molecule has 0 saturated carbocycles. The van der Waals surface area contributed by atoms with E-state index in [1.165, 1.54) is 0 Å². The van der Waals surface area contributed by atoms with Crippen molar-refractivity contribution in [3.63, 3.8) is 0 Å². The zero-order valence-electron chi connectivity index (χ0n) is 12.1. The number of carbonyl (C=O) groups excluding carboxylic acids is 1. The first-order chi connectivity index (χ1) is 10.0. The van der Waals surface area contributed by atoms with Gasteiger partial charge in [0.2, 0.25) is 0 Å². The summed E-state index contributed by atoms with van der Waals surface area (Å²) in [5.74, 6) is 0.00571. The third-order valence-corrected chi connectivity index (χ3v) is 3.35. The van der Waals surface area contributed by atoms with Crippen LogP contribution < -0.4 is 11.1 Å². The number of amides is 1. The van der Waals surface area contributed by atoms with Gasteiger partial charge < -0.3 is 11.1 Å². The molecule has 0 spiro atoms. The van der Waals surface area contributed by atoms with E-state index in [1.807, 2.05) is 26.0 Å². The van der Waals surface area contributed by atoms with Gasteiger partial charge >= 0.3 is 0 Å². The number of hydrogen-bond acceptors (Lipinski definition) is 3. The molecule has 2 aromatic rings. The van der Waals surface area contributed by atoms with Crippen molar-refractivity contribution < 1.29 is 4.79 Å². The number of nitrogens with zero attached hydrogens (tertiary/aromatic N) is 2. The van der Waals surface area contributed by atoms with Crippen LogP contribution in [0.2, 0.25) is 5.02 Å². The summed E-state index contributed by atoms with van der Waals surface area (Å²) in [5, 5.41) is 7.79. The van der Waals surface area contributed by atoms with Gasteiger partial charge in [-0.3, -0.25) is 4.79 Å². The Hall–Kier alpha value is -1.85. The normalized spacial score (nSPS) is 10.9. The van der Waals surface area contributed by atoms with E-state index in [1.54, 1.807) is 23.0 Å².